The molecule has 0 aromatic heterocycles. The molecule has 1 aromatic rings. The molecule has 0 N–H and O–H groups in total. The summed E-state index contributed by atoms with van der Waals surface area (Å²) in [7, 11) is 9.07. The number of ketones is 1. The quantitative estimate of drug-likeness (QED) is 0.177. The number of esters is 1. The number of carbonyl (C=O) groups is 2. The molecule has 17 atom stereocenters. The topological polar surface area (TPSA) is 111 Å². The molecule has 1 saturated carbocycles. The third kappa shape index (κ3) is 9.31. The molecule has 7 rings (SSSR count). The zero-order valence-corrected chi connectivity index (χ0v) is 36.6. The Kier molecular flexibility index (Phi) is 14.5. The lowest BCUT2D eigenvalue weighted by Gasteiger charge is -2.44. The van der Waals surface area contributed by atoms with Crippen LogP contribution in [0.4, 0.5) is 4.39 Å². The molecule has 0 bridgehead atoms. The molecule has 3 saturated heterocycles. The van der Waals surface area contributed by atoms with Gasteiger partial charge in [-0.3, -0.25) is 9.59 Å². The highest BCUT2D eigenvalue weighted by molar-refractivity contribution is 5.99. The summed E-state index contributed by atoms with van der Waals surface area (Å²) in [5.74, 6) is -1.71. The first-order valence-corrected chi connectivity index (χ1v) is 22.1. The lowest BCUT2D eigenvalue weighted by molar-refractivity contribution is -0.314. The Morgan fingerprint density at radius 2 is 1.54 bits per heavy atom. The largest absolute Gasteiger partial charge is 0.462 e. The second-order valence-electron chi connectivity index (χ2n) is 18.2. The van der Waals surface area contributed by atoms with Crippen LogP contribution in [0.2, 0.25) is 0 Å². The summed E-state index contributed by atoms with van der Waals surface area (Å²) in [5, 5.41) is 0. The van der Waals surface area contributed by atoms with Crippen molar-refractivity contribution >= 4 is 11.8 Å². The second-order valence-corrected chi connectivity index (χ2v) is 18.2. The predicted molar refractivity (Wildman–Crippen MR) is 219 cm³/mol. The fourth-order valence-electron chi connectivity index (χ4n) is 11.5. The lowest BCUT2D eigenvalue weighted by Crippen LogP contribution is -2.59. The highest BCUT2D eigenvalue weighted by Gasteiger charge is 2.54. The molecular formula is C47H68FNO10. The molecule has 5 unspecified atom stereocenters. The molecule has 328 valence electrons. The molecular weight excluding hydrogens is 758 g/mol. The van der Waals surface area contributed by atoms with Crippen LogP contribution < -0.4 is 0 Å². The Labute approximate surface area is 350 Å². The van der Waals surface area contributed by atoms with E-state index in [1.54, 1.807) is 21.3 Å². The van der Waals surface area contributed by atoms with E-state index >= 15 is 4.79 Å². The van der Waals surface area contributed by atoms with E-state index in [9.17, 15) is 9.18 Å². The number of benzene rings is 1. The van der Waals surface area contributed by atoms with Gasteiger partial charge in [0.15, 0.2) is 18.4 Å². The number of allylic oxidation sites excluding steroid dienone is 3. The van der Waals surface area contributed by atoms with E-state index in [1.807, 2.05) is 26.0 Å². The number of hydrogen-bond acceptors (Lipinski definition) is 11. The van der Waals surface area contributed by atoms with Gasteiger partial charge in [0.1, 0.15) is 30.2 Å². The highest BCUT2D eigenvalue weighted by atomic mass is 19.1. The molecule has 0 spiro atoms. The Morgan fingerprint density at radius 3 is 2.20 bits per heavy atom. The first-order valence-electron chi connectivity index (χ1n) is 22.1. The molecule has 0 amide bonds. The molecule has 3 heterocycles. The van der Waals surface area contributed by atoms with Crippen molar-refractivity contribution in [2.75, 3.05) is 35.4 Å². The minimum absolute atomic E-state index is 0.00335. The van der Waals surface area contributed by atoms with Crippen molar-refractivity contribution in [2.24, 2.45) is 29.6 Å². The molecule has 12 heteroatoms. The molecule has 4 fully saturated rings. The van der Waals surface area contributed by atoms with Gasteiger partial charge in [-0.1, -0.05) is 43.7 Å². The molecule has 3 aliphatic heterocycles. The zero-order valence-electron chi connectivity index (χ0n) is 36.6. The minimum Gasteiger partial charge on any atom is -0.462 e. The summed E-state index contributed by atoms with van der Waals surface area (Å²) < 4.78 is 64.5. The lowest BCUT2D eigenvalue weighted by atomic mass is 9.64. The number of methoxy groups -OCH3 is 3. The van der Waals surface area contributed by atoms with E-state index in [0.717, 1.165) is 24.8 Å². The Morgan fingerprint density at radius 1 is 0.814 bits per heavy atom. The standard InChI is InChI=1S/C47H68FNO10/c1-10-31-12-11-13-39(59-41-19-18-38(49(5)6)26(3)55-41)25(2)43(51)37-23-35-33-22-32(58-47-46(54-9)45(53-8)44(52-7)27(4)56-47)20-29(33)21-34(28-14-16-30(48)17-15-28)42(35)36(37)24-40(50)57-31/h14-17,21,23,25-27,31-36,38-39,41-42,44-47H,10-13,18-20,22,24H2,1-9H3/t25-,26?,27?,31+,32-,33-,34?,35+,36-,38+,39+,41+,42-,44+,45?,46?,47+/m1/s1. The minimum atomic E-state index is -0.678. The summed E-state index contributed by atoms with van der Waals surface area (Å²) in [6.07, 6.45) is 7.13. The van der Waals surface area contributed by atoms with Gasteiger partial charge in [-0.2, -0.15) is 0 Å². The van der Waals surface area contributed by atoms with Crippen LogP contribution in [0.15, 0.2) is 47.6 Å². The average molecular weight is 826 g/mol. The summed E-state index contributed by atoms with van der Waals surface area (Å²) in [5.41, 5.74) is 2.88. The van der Waals surface area contributed by atoms with Crippen molar-refractivity contribution in [3.05, 3.63) is 58.9 Å². The van der Waals surface area contributed by atoms with Gasteiger partial charge in [0.25, 0.3) is 0 Å². The van der Waals surface area contributed by atoms with E-state index in [4.69, 9.17) is 37.9 Å². The van der Waals surface area contributed by atoms with Crippen LogP contribution in [0.1, 0.15) is 97.0 Å². The fraction of sp³-hybridized carbons (Fsp3) is 0.745. The first-order chi connectivity index (χ1) is 28.3. The number of ether oxygens (including phenoxy) is 8. The van der Waals surface area contributed by atoms with Crippen molar-refractivity contribution in [3.63, 3.8) is 0 Å². The van der Waals surface area contributed by atoms with Crippen molar-refractivity contribution in [1.82, 2.24) is 4.90 Å². The smallest absolute Gasteiger partial charge is 0.306 e. The van der Waals surface area contributed by atoms with Gasteiger partial charge in [-0.25, -0.2) is 4.39 Å². The van der Waals surface area contributed by atoms with Crippen molar-refractivity contribution < 1.29 is 51.9 Å². The number of carbonyl (C=O) groups excluding carboxylic acids is 2. The summed E-state index contributed by atoms with van der Waals surface area (Å²) in [6.45, 7) is 8.08. The number of fused-ring (bicyclic) bond motifs is 5. The van der Waals surface area contributed by atoms with Crippen molar-refractivity contribution in [1.29, 1.82) is 0 Å². The van der Waals surface area contributed by atoms with Crippen LogP contribution >= 0.6 is 0 Å². The zero-order chi connectivity index (χ0) is 42.1. The van der Waals surface area contributed by atoms with Gasteiger partial charge in [-0.15, -0.1) is 0 Å². The number of halogens is 1. The number of likely N-dealkylation sites (N-methyl/N-ethyl adjacent to an activating group) is 1. The molecule has 11 nitrogen and oxygen atoms in total. The SMILES string of the molecule is CC[C@H]1CCC[C@H](O[C@H]2CC[C@H](N(C)C)C(C)O2)[C@@H](C)C(=O)C2=C[C@@H]3[C@@H](C(c4ccc(F)cc4)C=C4C[C@@H](O[C@@H]5OC(C)[C@H](OC)C(OC)C5OC)C[C@H]43)[C@@H]2CC(=O)O1. The average Bonchev–Trinajstić information content (AvgIpc) is 3.79. The van der Waals surface area contributed by atoms with Gasteiger partial charge in [0.05, 0.1) is 30.8 Å². The molecule has 3 aliphatic carbocycles. The number of cyclic esters (lactones) is 1. The van der Waals surface area contributed by atoms with Crippen LogP contribution in [0.5, 0.6) is 0 Å². The van der Waals surface area contributed by atoms with E-state index < -0.39 is 30.5 Å². The molecule has 59 heavy (non-hydrogen) atoms. The first kappa shape index (κ1) is 44.5. The van der Waals surface area contributed by atoms with Gasteiger partial charge in [0.2, 0.25) is 0 Å². The maximum Gasteiger partial charge on any atom is 0.306 e. The number of hydrogen-bond donors (Lipinski definition) is 0. The van der Waals surface area contributed by atoms with Crippen LogP contribution in [-0.4, -0.2) is 120 Å². The summed E-state index contributed by atoms with van der Waals surface area (Å²) in [6, 6.07) is 6.98. The Balaban J connectivity index is 1.21. The van der Waals surface area contributed by atoms with Crippen LogP contribution in [0, 0.1) is 35.4 Å². The van der Waals surface area contributed by atoms with E-state index in [2.05, 4.69) is 45.0 Å². The van der Waals surface area contributed by atoms with Gasteiger partial charge < -0.3 is 42.8 Å². The van der Waals surface area contributed by atoms with Crippen LogP contribution in [0.3, 0.4) is 0 Å². The third-order valence-corrected chi connectivity index (χ3v) is 14.5. The fourth-order valence-corrected chi connectivity index (χ4v) is 11.5. The number of Topliss-reactive ketones (excluding diaryl/α,β-unsaturated/α-hetero) is 1. The van der Waals surface area contributed by atoms with Crippen molar-refractivity contribution in [2.45, 2.75) is 159 Å². The predicted octanol–water partition coefficient (Wildman–Crippen LogP) is 7.16. The van der Waals surface area contributed by atoms with Gasteiger partial charge >= 0.3 is 5.97 Å². The Bertz CT molecular complexity index is 1670. The van der Waals surface area contributed by atoms with E-state index in [-0.39, 0.29) is 90.4 Å². The monoisotopic (exact) mass is 825 g/mol. The third-order valence-electron chi connectivity index (χ3n) is 14.5. The second kappa shape index (κ2) is 19.2. The van der Waals surface area contributed by atoms with Gasteiger partial charge in [0, 0.05) is 45.1 Å². The molecule has 1 aromatic carbocycles. The molecule has 6 aliphatic rings. The van der Waals surface area contributed by atoms with Crippen molar-refractivity contribution in [3.8, 4) is 0 Å². The van der Waals surface area contributed by atoms with E-state index in [0.29, 0.717) is 43.7 Å². The summed E-state index contributed by atoms with van der Waals surface area (Å²) in [4.78, 5) is 31.2. The summed E-state index contributed by atoms with van der Waals surface area (Å²) >= 11 is 0. The highest BCUT2D eigenvalue weighted by Crippen LogP contribution is 2.59. The normalized spacial score (nSPS) is 41.8. The van der Waals surface area contributed by atoms with Crippen LogP contribution in [-0.2, 0) is 47.5 Å². The number of rotatable bonds is 10. The van der Waals surface area contributed by atoms with Gasteiger partial charge in [-0.05, 0) is 120 Å². The number of nitrogens with zero attached hydrogens (tertiary/aromatic N) is 1. The maximum absolute atomic E-state index is 15.1. The maximum atomic E-state index is 15.1. The van der Waals surface area contributed by atoms with Crippen LogP contribution in [0.25, 0.3) is 0 Å². The Hall–Kier alpha value is -2.55. The molecule has 0 radical (unpaired) electrons. The van der Waals surface area contributed by atoms with E-state index in [1.165, 1.54) is 17.7 Å².